The molecule has 1 nitrogen and oxygen atoms in total. The molecule has 1 aromatic heterocycles. The summed E-state index contributed by atoms with van der Waals surface area (Å²) < 4.78 is 2.36. The quantitative estimate of drug-likeness (QED) is 0.342. The summed E-state index contributed by atoms with van der Waals surface area (Å²) in [5.74, 6) is 0. The number of hydrogen-bond donors (Lipinski definition) is 0. The number of aryl methyl sites for hydroxylation is 1. The Balaban J connectivity index is 2.10. The van der Waals surface area contributed by atoms with E-state index in [2.05, 4.69) is 103 Å². The van der Waals surface area contributed by atoms with Crippen LogP contribution in [0.2, 0.25) is 0 Å². The zero-order valence-electron chi connectivity index (χ0n) is 15.8. The predicted octanol–water partition coefficient (Wildman–Crippen LogP) is 7.24. The van der Waals surface area contributed by atoms with E-state index >= 15 is 0 Å². The van der Waals surface area contributed by atoms with Gasteiger partial charge in [-0.2, -0.15) is 0 Å². The largest absolute Gasteiger partial charge is 0.309 e. The lowest BCUT2D eigenvalue weighted by atomic mass is 10.0. The van der Waals surface area contributed by atoms with E-state index in [0.717, 1.165) is 5.57 Å². The molecule has 0 N–H and O–H groups in total. The van der Waals surface area contributed by atoms with Crippen molar-refractivity contribution >= 4 is 27.4 Å². The molecule has 0 saturated heterocycles. The number of rotatable bonds is 4. The summed E-state index contributed by atoms with van der Waals surface area (Å²) in [7, 11) is 0. The van der Waals surface area contributed by atoms with Crippen LogP contribution in [0.15, 0.2) is 97.6 Å². The Labute approximate surface area is 160 Å². The van der Waals surface area contributed by atoms with Crippen molar-refractivity contribution in [3.05, 3.63) is 109 Å². The van der Waals surface area contributed by atoms with Crippen LogP contribution in [0.4, 0.5) is 0 Å². The van der Waals surface area contributed by atoms with Crippen molar-refractivity contribution in [1.82, 2.24) is 4.57 Å². The highest BCUT2D eigenvalue weighted by Gasteiger charge is 2.13. The summed E-state index contributed by atoms with van der Waals surface area (Å²) in [6.07, 6.45) is 8.09. The molecule has 0 atom stereocenters. The maximum Gasteiger partial charge on any atom is 0.0547 e. The molecule has 0 amide bonds. The maximum atomic E-state index is 3.86. The molecule has 0 saturated carbocycles. The monoisotopic (exact) mass is 349 g/mol. The van der Waals surface area contributed by atoms with Crippen molar-refractivity contribution in [2.45, 2.75) is 13.8 Å². The molecule has 1 heterocycles. The first-order valence-electron chi connectivity index (χ1n) is 9.29. The summed E-state index contributed by atoms with van der Waals surface area (Å²) in [4.78, 5) is 0. The molecular formula is C26H23N. The van der Waals surface area contributed by atoms with Gasteiger partial charge in [0.2, 0.25) is 0 Å². The Morgan fingerprint density at radius 1 is 0.889 bits per heavy atom. The number of nitrogens with zero attached hydrogens (tertiary/aromatic N) is 1. The number of hydrogen-bond acceptors (Lipinski definition) is 0. The van der Waals surface area contributed by atoms with Gasteiger partial charge in [-0.05, 0) is 54.8 Å². The summed E-state index contributed by atoms with van der Waals surface area (Å²) >= 11 is 0. The first-order chi connectivity index (χ1) is 13.2. The molecule has 0 aliphatic heterocycles. The van der Waals surface area contributed by atoms with E-state index in [0.29, 0.717) is 0 Å². The van der Waals surface area contributed by atoms with Gasteiger partial charge in [0.1, 0.15) is 0 Å². The van der Waals surface area contributed by atoms with Gasteiger partial charge in [-0.1, -0.05) is 73.3 Å². The van der Waals surface area contributed by atoms with E-state index < -0.39 is 0 Å². The van der Waals surface area contributed by atoms with Gasteiger partial charge in [-0.15, -0.1) is 0 Å². The molecule has 0 unspecified atom stereocenters. The third-order valence-electron chi connectivity index (χ3n) is 4.91. The molecule has 132 valence electrons. The molecule has 4 rings (SSSR count). The molecule has 0 spiro atoms. The third-order valence-corrected chi connectivity index (χ3v) is 4.91. The molecule has 1 heteroatoms. The Kier molecular flexibility index (Phi) is 4.52. The van der Waals surface area contributed by atoms with Gasteiger partial charge in [-0.3, -0.25) is 0 Å². The zero-order valence-corrected chi connectivity index (χ0v) is 15.8. The Hall–Kier alpha value is -3.32. The molecule has 0 fully saturated rings. The minimum absolute atomic E-state index is 1.16. The summed E-state index contributed by atoms with van der Waals surface area (Å²) in [6, 6.07) is 24.0. The van der Waals surface area contributed by atoms with E-state index in [9.17, 15) is 0 Å². The van der Waals surface area contributed by atoms with Gasteiger partial charge >= 0.3 is 0 Å². The molecule has 0 radical (unpaired) electrons. The summed E-state index contributed by atoms with van der Waals surface area (Å²) in [5.41, 5.74) is 7.27. The highest BCUT2D eigenvalue weighted by atomic mass is 15.0. The fourth-order valence-electron chi connectivity index (χ4n) is 3.72. The number of fused-ring (bicyclic) bond motifs is 3. The number of aromatic nitrogens is 1. The van der Waals surface area contributed by atoms with Gasteiger partial charge in [0.25, 0.3) is 0 Å². The number of benzene rings is 3. The van der Waals surface area contributed by atoms with Crippen LogP contribution in [0.25, 0.3) is 33.1 Å². The van der Waals surface area contributed by atoms with Crippen LogP contribution < -0.4 is 0 Å². The Bertz CT molecular complexity index is 1190. The minimum atomic E-state index is 1.16. The maximum absolute atomic E-state index is 3.86. The van der Waals surface area contributed by atoms with Crippen molar-refractivity contribution in [3.63, 3.8) is 0 Å². The van der Waals surface area contributed by atoms with Crippen LogP contribution in [0.1, 0.15) is 18.1 Å². The Morgan fingerprint density at radius 3 is 2.30 bits per heavy atom. The van der Waals surface area contributed by atoms with Gasteiger partial charge in [-0.25, -0.2) is 0 Å². The Morgan fingerprint density at radius 2 is 1.59 bits per heavy atom. The lowest BCUT2D eigenvalue weighted by Gasteiger charge is -2.09. The lowest BCUT2D eigenvalue weighted by Crippen LogP contribution is -1.94. The van der Waals surface area contributed by atoms with Gasteiger partial charge in [0, 0.05) is 16.5 Å². The van der Waals surface area contributed by atoms with Crippen LogP contribution in [0.5, 0.6) is 0 Å². The van der Waals surface area contributed by atoms with Gasteiger partial charge in [0.15, 0.2) is 0 Å². The van der Waals surface area contributed by atoms with Gasteiger partial charge in [0.05, 0.1) is 11.0 Å². The van der Waals surface area contributed by atoms with Crippen LogP contribution in [-0.2, 0) is 0 Å². The average molecular weight is 349 g/mol. The second-order valence-electron chi connectivity index (χ2n) is 6.78. The molecular weight excluding hydrogens is 326 g/mol. The van der Waals surface area contributed by atoms with Crippen molar-refractivity contribution in [2.24, 2.45) is 0 Å². The molecule has 4 aromatic rings. The van der Waals surface area contributed by atoms with Crippen molar-refractivity contribution in [3.8, 4) is 5.69 Å². The molecule has 27 heavy (non-hydrogen) atoms. The van der Waals surface area contributed by atoms with E-state index in [4.69, 9.17) is 0 Å². The number of para-hydroxylation sites is 1. The van der Waals surface area contributed by atoms with Gasteiger partial charge < -0.3 is 4.57 Å². The molecule has 0 aliphatic rings. The molecule has 0 aliphatic carbocycles. The predicted molar refractivity (Wildman–Crippen MR) is 119 cm³/mol. The molecule has 3 aromatic carbocycles. The highest BCUT2D eigenvalue weighted by Crippen LogP contribution is 2.34. The van der Waals surface area contributed by atoms with Crippen LogP contribution in [0, 0.1) is 6.92 Å². The fourth-order valence-corrected chi connectivity index (χ4v) is 3.72. The zero-order chi connectivity index (χ0) is 18.8. The topological polar surface area (TPSA) is 4.93 Å². The minimum Gasteiger partial charge on any atom is -0.309 e. The van der Waals surface area contributed by atoms with E-state index in [1.807, 2.05) is 13.0 Å². The highest BCUT2D eigenvalue weighted by molar-refractivity contribution is 6.10. The first kappa shape index (κ1) is 17.1. The summed E-state index contributed by atoms with van der Waals surface area (Å²) in [5, 5.41) is 2.56. The van der Waals surface area contributed by atoms with Crippen molar-refractivity contribution < 1.29 is 0 Å². The van der Waals surface area contributed by atoms with E-state index in [-0.39, 0.29) is 0 Å². The SMILES string of the molecule is C=C/C=C(\C=C/C)c1ccc2c3ccc(C)cc3n(-c3ccccc3)c2c1. The molecule has 0 bridgehead atoms. The van der Waals surface area contributed by atoms with Crippen LogP contribution in [-0.4, -0.2) is 4.57 Å². The second kappa shape index (κ2) is 7.13. The fraction of sp³-hybridized carbons (Fsp3) is 0.0769. The van der Waals surface area contributed by atoms with Crippen LogP contribution >= 0.6 is 0 Å². The van der Waals surface area contributed by atoms with Crippen molar-refractivity contribution in [1.29, 1.82) is 0 Å². The van der Waals surface area contributed by atoms with Crippen molar-refractivity contribution in [2.75, 3.05) is 0 Å². The third kappa shape index (κ3) is 3.02. The standard InChI is InChI=1S/C26H23N/c1-4-9-20(10-5-2)21-14-16-24-23-15-13-19(3)17-25(23)27(26(24)18-21)22-11-7-6-8-12-22/h4-18H,1H2,2-3H3/b10-5-,20-9+. The summed E-state index contributed by atoms with van der Waals surface area (Å²) in [6.45, 7) is 8.05. The second-order valence-corrected chi connectivity index (χ2v) is 6.78. The number of allylic oxidation sites excluding steroid dienone is 5. The smallest absolute Gasteiger partial charge is 0.0547 e. The van der Waals surface area contributed by atoms with Crippen LogP contribution in [0.3, 0.4) is 0 Å². The average Bonchev–Trinajstić information content (AvgIpc) is 3.01. The lowest BCUT2D eigenvalue weighted by molar-refractivity contribution is 1.18. The van der Waals surface area contributed by atoms with E-state index in [1.165, 1.54) is 38.6 Å². The van der Waals surface area contributed by atoms with E-state index in [1.54, 1.807) is 0 Å². The normalized spacial score (nSPS) is 12.3. The first-order valence-corrected chi connectivity index (χ1v) is 9.29.